The molecule has 6 heteroatoms. The van der Waals surface area contributed by atoms with Gasteiger partial charge in [-0.1, -0.05) is 11.6 Å². The van der Waals surface area contributed by atoms with E-state index < -0.39 is 0 Å². The summed E-state index contributed by atoms with van der Waals surface area (Å²) >= 11 is 5.37. The van der Waals surface area contributed by atoms with E-state index in [1.54, 1.807) is 12.4 Å². The molecule has 0 spiro atoms. The van der Waals surface area contributed by atoms with Gasteiger partial charge < -0.3 is 5.21 Å². The second kappa shape index (κ2) is 5.82. The van der Waals surface area contributed by atoms with Crippen molar-refractivity contribution in [3.8, 4) is 0 Å². The Morgan fingerprint density at radius 2 is 1.79 bits per heavy atom. The van der Waals surface area contributed by atoms with Crippen LogP contribution in [0.25, 0.3) is 0 Å². The molecule has 0 fully saturated rings. The lowest BCUT2D eigenvalue weighted by atomic mass is 10.8. The van der Waals surface area contributed by atoms with Gasteiger partial charge in [0.15, 0.2) is 12.4 Å². The van der Waals surface area contributed by atoms with Gasteiger partial charge in [-0.25, -0.2) is 4.98 Å². The average molecular weight is 211 g/mol. The maximum absolute atomic E-state index is 10.1. The van der Waals surface area contributed by atoms with Gasteiger partial charge in [-0.05, 0) is 0 Å². The van der Waals surface area contributed by atoms with Crippen molar-refractivity contribution in [1.82, 2.24) is 15.0 Å². The van der Waals surface area contributed by atoms with Gasteiger partial charge in [0.1, 0.15) is 5.15 Å². The Morgan fingerprint density at radius 3 is 2.07 bits per heavy atom. The molecule has 2 aromatic rings. The normalized spacial score (nSPS) is 8.64. The summed E-state index contributed by atoms with van der Waals surface area (Å²) in [5.41, 5.74) is 0. The Morgan fingerprint density at radius 1 is 1.07 bits per heavy atom. The summed E-state index contributed by atoms with van der Waals surface area (Å²) < 4.78 is 0.688. The van der Waals surface area contributed by atoms with Crippen LogP contribution in [0.4, 0.5) is 0 Å². The van der Waals surface area contributed by atoms with Gasteiger partial charge in [0.25, 0.3) is 0 Å². The van der Waals surface area contributed by atoms with Crippen molar-refractivity contribution in [2.75, 3.05) is 0 Å². The van der Waals surface area contributed by atoms with Crippen LogP contribution in [0.3, 0.4) is 0 Å². The standard InChI is InChI=1S/C4H3ClN2.C4H4N2O/c5-4-3-6-1-2-7-4;7-6-3-1-5-2-4-6/h1-3H;1-4H. The van der Waals surface area contributed by atoms with Crippen LogP contribution in [0, 0.1) is 5.21 Å². The second-order valence-corrected chi connectivity index (χ2v) is 2.52. The molecule has 14 heavy (non-hydrogen) atoms. The third-order valence-electron chi connectivity index (χ3n) is 1.13. The van der Waals surface area contributed by atoms with E-state index in [4.69, 9.17) is 11.6 Å². The van der Waals surface area contributed by atoms with E-state index >= 15 is 0 Å². The van der Waals surface area contributed by atoms with Crippen molar-refractivity contribution in [3.05, 3.63) is 53.7 Å². The Kier molecular flexibility index (Phi) is 4.30. The molecule has 0 N–H and O–H groups in total. The molecule has 0 atom stereocenters. The predicted molar refractivity (Wildman–Crippen MR) is 50.2 cm³/mol. The number of hydrogen-bond acceptors (Lipinski definition) is 4. The van der Waals surface area contributed by atoms with Crippen molar-refractivity contribution >= 4 is 11.6 Å². The van der Waals surface area contributed by atoms with E-state index in [0.29, 0.717) is 9.88 Å². The van der Waals surface area contributed by atoms with E-state index in [-0.39, 0.29) is 0 Å². The molecule has 0 unspecified atom stereocenters. The zero-order chi connectivity index (χ0) is 10.2. The van der Waals surface area contributed by atoms with Crippen molar-refractivity contribution < 1.29 is 4.73 Å². The van der Waals surface area contributed by atoms with Crippen LogP contribution in [-0.2, 0) is 0 Å². The fourth-order valence-electron chi connectivity index (χ4n) is 0.589. The molecular weight excluding hydrogens is 204 g/mol. The maximum atomic E-state index is 10.1. The van der Waals surface area contributed by atoms with Crippen LogP contribution in [0.5, 0.6) is 0 Å². The number of hydrogen-bond donors (Lipinski definition) is 0. The molecule has 0 aliphatic carbocycles. The van der Waals surface area contributed by atoms with Crippen LogP contribution in [0.2, 0.25) is 5.15 Å². The molecule has 0 saturated heterocycles. The smallest absolute Gasteiger partial charge is 0.198 e. The number of rotatable bonds is 0. The summed E-state index contributed by atoms with van der Waals surface area (Å²) in [6.07, 6.45) is 10.1. The minimum atomic E-state index is 0.433. The summed E-state index contributed by atoms with van der Waals surface area (Å²) in [6.45, 7) is 0. The van der Waals surface area contributed by atoms with Crippen LogP contribution in [0.1, 0.15) is 0 Å². The first kappa shape index (κ1) is 10.3. The van der Waals surface area contributed by atoms with Crippen LogP contribution >= 0.6 is 11.6 Å². The van der Waals surface area contributed by atoms with E-state index in [9.17, 15) is 5.21 Å². The zero-order valence-electron chi connectivity index (χ0n) is 7.12. The van der Waals surface area contributed by atoms with Crippen LogP contribution < -0.4 is 4.73 Å². The zero-order valence-corrected chi connectivity index (χ0v) is 7.87. The molecule has 0 aliphatic rings. The molecule has 0 bridgehead atoms. The van der Waals surface area contributed by atoms with E-state index in [0.717, 1.165) is 0 Å². The summed E-state index contributed by atoms with van der Waals surface area (Å²) in [6, 6.07) is 0. The Balaban J connectivity index is 0.000000140. The van der Waals surface area contributed by atoms with Gasteiger partial charge >= 0.3 is 0 Å². The highest BCUT2D eigenvalue weighted by Crippen LogP contribution is 1.95. The minimum absolute atomic E-state index is 0.433. The van der Waals surface area contributed by atoms with Gasteiger partial charge in [0.05, 0.1) is 18.6 Å². The van der Waals surface area contributed by atoms with Crippen molar-refractivity contribution in [2.24, 2.45) is 0 Å². The summed E-state index contributed by atoms with van der Waals surface area (Å²) in [4.78, 5) is 11.0. The van der Waals surface area contributed by atoms with Gasteiger partial charge in [-0.3, -0.25) is 9.97 Å². The number of nitrogens with zero attached hydrogens (tertiary/aromatic N) is 4. The fourth-order valence-corrected chi connectivity index (χ4v) is 0.701. The predicted octanol–water partition coefficient (Wildman–Crippen LogP) is 0.845. The van der Waals surface area contributed by atoms with E-state index in [1.807, 2.05) is 0 Å². The third kappa shape index (κ3) is 4.32. The molecule has 0 amide bonds. The molecule has 72 valence electrons. The first-order valence-corrected chi connectivity index (χ1v) is 4.07. The quantitative estimate of drug-likeness (QED) is 0.478. The highest BCUT2D eigenvalue weighted by molar-refractivity contribution is 6.29. The molecule has 2 aromatic heterocycles. The van der Waals surface area contributed by atoms with Crippen LogP contribution in [0.15, 0.2) is 43.4 Å². The van der Waals surface area contributed by atoms with Crippen LogP contribution in [-0.4, -0.2) is 15.0 Å². The first-order valence-electron chi connectivity index (χ1n) is 3.69. The summed E-state index contributed by atoms with van der Waals surface area (Å²) in [5.74, 6) is 0. The van der Waals surface area contributed by atoms with Gasteiger partial charge in [-0.15, -0.1) is 0 Å². The fraction of sp³-hybridized carbons (Fsp3) is 0. The topological polar surface area (TPSA) is 65.6 Å². The molecule has 5 nitrogen and oxygen atoms in total. The molecule has 0 aliphatic heterocycles. The Labute approximate surface area is 85.6 Å². The summed E-state index contributed by atoms with van der Waals surface area (Å²) in [7, 11) is 0. The SMILES string of the molecule is Clc1cnccn1.[O-][n+]1ccncc1. The first-order chi connectivity index (χ1) is 6.79. The summed E-state index contributed by atoms with van der Waals surface area (Å²) in [5, 5.41) is 10.6. The number of aromatic nitrogens is 4. The van der Waals surface area contributed by atoms with Gasteiger partial charge in [0, 0.05) is 12.4 Å². The van der Waals surface area contributed by atoms with E-state index in [1.165, 1.54) is 31.0 Å². The largest absolute Gasteiger partial charge is 0.619 e. The van der Waals surface area contributed by atoms with E-state index in [2.05, 4.69) is 15.0 Å². The highest BCUT2D eigenvalue weighted by Gasteiger charge is 1.77. The van der Waals surface area contributed by atoms with Crippen molar-refractivity contribution in [2.45, 2.75) is 0 Å². The minimum Gasteiger partial charge on any atom is -0.619 e. The maximum Gasteiger partial charge on any atom is 0.198 e. The molecule has 0 saturated carbocycles. The lowest BCUT2D eigenvalue weighted by Crippen LogP contribution is -2.23. The Bertz CT molecular complexity index is 319. The highest BCUT2D eigenvalue weighted by atomic mass is 35.5. The molecule has 0 aromatic carbocycles. The number of halogens is 1. The molecule has 2 rings (SSSR count). The molecule has 2 heterocycles. The van der Waals surface area contributed by atoms with Crippen molar-refractivity contribution in [1.29, 1.82) is 0 Å². The van der Waals surface area contributed by atoms with Gasteiger partial charge in [-0.2, -0.15) is 4.73 Å². The average Bonchev–Trinajstić information content (AvgIpc) is 2.21. The lowest BCUT2D eigenvalue weighted by Gasteiger charge is -1.87. The lowest BCUT2D eigenvalue weighted by molar-refractivity contribution is -0.606. The second-order valence-electron chi connectivity index (χ2n) is 2.13. The third-order valence-corrected chi connectivity index (χ3v) is 1.33. The monoisotopic (exact) mass is 210 g/mol. The van der Waals surface area contributed by atoms with Gasteiger partial charge in [0.2, 0.25) is 0 Å². The van der Waals surface area contributed by atoms with Crippen molar-refractivity contribution in [3.63, 3.8) is 0 Å². The molecule has 0 radical (unpaired) electrons. The molecular formula is C8H7ClN4O. The Hall–Kier alpha value is -1.75.